The monoisotopic (exact) mass is 413 g/mol. The van der Waals surface area contributed by atoms with E-state index in [-0.39, 0.29) is 25.5 Å². The highest BCUT2D eigenvalue weighted by atomic mass is 16.6. The molecule has 1 atom stereocenters. The van der Waals surface area contributed by atoms with Crippen molar-refractivity contribution in [2.45, 2.75) is 31.8 Å². The fraction of sp³-hybridized carbons (Fsp3) is 0.231. The maximum Gasteiger partial charge on any atom is 0.410 e. The summed E-state index contributed by atoms with van der Waals surface area (Å²) in [5.74, 6) is -1.07. The molecule has 3 aromatic carbocycles. The second-order valence-corrected chi connectivity index (χ2v) is 8.26. The van der Waals surface area contributed by atoms with E-state index in [0.717, 1.165) is 38.9 Å². The number of fused-ring (bicyclic) bond motifs is 4. The number of ether oxygens (including phenoxy) is 1. The Balaban J connectivity index is 1.38. The molecule has 5 nitrogen and oxygen atoms in total. The first kappa shape index (κ1) is 19.4. The van der Waals surface area contributed by atoms with E-state index in [0.29, 0.717) is 0 Å². The van der Waals surface area contributed by atoms with E-state index in [2.05, 4.69) is 24.3 Å². The summed E-state index contributed by atoms with van der Waals surface area (Å²) < 4.78 is 5.73. The molecule has 1 aliphatic carbocycles. The van der Waals surface area contributed by atoms with Crippen molar-refractivity contribution in [3.63, 3.8) is 0 Å². The molecule has 31 heavy (non-hydrogen) atoms. The molecule has 0 saturated heterocycles. The number of benzene rings is 3. The molecule has 2 aliphatic rings. The van der Waals surface area contributed by atoms with Crippen molar-refractivity contribution in [3.8, 4) is 11.1 Å². The minimum absolute atomic E-state index is 0.0565. The first-order valence-electron chi connectivity index (χ1n) is 10.5. The van der Waals surface area contributed by atoms with Gasteiger partial charge in [-0.2, -0.15) is 0 Å². The molecule has 0 fully saturated rings. The molecule has 1 aliphatic heterocycles. The van der Waals surface area contributed by atoms with Gasteiger partial charge in [0.25, 0.3) is 0 Å². The van der Waals surface area contributed by atoms with E-state index in [4.69, 9.17) is 4.74 Å². The van der Waals surface area contributed by atoms with Crippen molar-refractivity contribution in [2.75, 3.05) is 6.61 Å². The summed E-state index contributed by atoms with van der Waals surface area (Å²) in [7, 11) is 0. The predicted molar refractivity (Wildman–Crippen MR) is 117 cm³/mol. The second-order valence-electron chi connectivity index (χ2n) is 8.26. The number of carboxylic acid groups (broad SMARTS) is 1. The molecule has 1 N–H and O–H groups in total. The molecule has 1 amide bonds. The molecule has 1 heterocycles. The number of nitrogens with zero attached hydrogens (tertiary/aromatic N) is 1. The van der Waals surface area contributed by atoms with Gasteiger partial charge < -0.3 is 9.84 Å². The van der Waals surface area contributed by atoms with Gasteiger partial charge in [0, 0.05) is 12.3 Å². The highest BCUT2D eigenvalue weighted by Crippen LogP contribution is 2.44. The lowest BCUT2D eigenvalue weighted by Gasteiger charge is -2.34. The Morgan fingerprint density at radius 1 is 0.968 bits per heavy atom. The van der Waals surface area contributed by atoms with E-state index in [1.54, 1.807) is 0 Å². The summed E-state index contributed by atoms with van der Waals surface area (Å²) >= 11 is 0. The van der Waals surface area contributed by atoms with E-state index >= 15 is 0 Å². The van der Waals surface area contributed by atoms with Gasteiger partial charge in [-0.3, -0.25) is 4.90 Å². The van der Waals surface area contributed by atoms with Crippen LogP contribution >= 0.6 is 0 Å². The highest BCUT2D eigenvalue weighted by Gasteiger charge is 2.37. The molecule has 0 aromatic heterocycles. The molecule has 5 heteroatoms. The van der Waals surface area contributed by atoms with Crippen LogP contribution in [0.15, 0.2) is 66.7 Å². The summed E-state index contributed by atoms with van der Waals surface area (Å²) in [5, 5.41) is 9.73. The minimum Gasteiger partial charge on any atom is -0.480 e. The van der Waals surface area contributed by atoms with Crippen molar-refractivity contribution >= 4 is 12.1 Å². The largest absolute Gasteiger partial charge is 0.480 e. The zero-order valence-corrected chi connectivity index (χ0v) is 17.2. The van der Waals surface area contributed by atoms with Crippen LogP contribution in [0, 0.1) is 6.92 Å². The lowest BCUT2D eigenvalue weighted by molar-refractivity contribution is -0.143. The lowest BCUT2D eigenvalue weighted by Crippen LogP contribution is -2.49. The summed E-state index contributed by atoms with van der Waals surface area (Å²) in [6.45, 7) is 2.40. The standard InChI is InChI=1S/C26H23NO4/c1-16-10-11-17-13-24(25(28)29)27(14-18(17)12-16)26(30)31-15-23-21-8-4-2-6-19(21)20-7-3-5-9-22(20)23/h2-12,23-24H,13-15H2,1H3,(H,28,29)/t24-/m0/s1. The van der Waals surface area contributed by atoms with Gasteiger partial charge in [0.05, 0.1) is 6.54 Å². The normalized spacial score (nSPS) is 16.9. The Morgan fingerprint density at radius 3 is 2.26 bits per heavy atom. The zero-order chi connectivity index (χ0) is 21.5. The molecule has 0 unspecified atom stereocenters. The molecule has 0 spiro atoms. The number of carboxylic acids is 1. The number of aryl methyl sites for hydroxylation is 1. The Morgan fingerprint density at radius 2 is 1.61 bits per heavy atom. The summed E-state index contributed by atoms with van der Waals surface area (Å²) in [6.07, 6.45) is -0.295. The fourth-order valence-corrected chi connectivity index (χ4v) is 4.80. The number of carbonyl (C=O) groups excluding carboxylic acids is 1. The molecule has 156 valence electrons. The van der Waals surface area contributed by atoms with Gasteiger partial charge in [0.1, 0.15) is 12.6 Å². The third-order valence-corrected chi connectivity index (χ3v) is 6.35. The van der Waals surface area contributed by atoms with Gasteiger partial charge in [-0.25, -0.2) is 9.59 Å². The lowest BCUT2D eigenvalue weighted by atomic mass is 9.93. The van der Waals surface area contributed by atoms with Crippen molar-refractivity contribution in [1.29, 1.82) is 0 Å². The molecular formula is C26H23NO4. The van der Waals surface area contributed by atoms with E-state index < -0.39 is 18.1 Å². The molecule has 3 aromatic rings. The van der Waals surface area contributed by atoms with Crippen molar-refractivity contribution in [2.24, 2.45) is 0 Å². The van der Waals surface area contributed by atoms with Crippen LogP contribution < -0.4 is 0 Å². The van der Waals surface area contributed by atoms with Gasteiger partial charge in [-0.1, -0.05) is 72.3 Å². The third-order valence-electron chi connectivity index (χ3n) is 6.35. The van der Waals surface area contributed by atoms with Gasteiger partial charge in [-0.05, 0) is 40.3 Å². The number of amides is 1. The molecular weight excluding hydrogens is 390 g/mol. The van der Waals surface area contributed by atoms with Gasteiger partial charge >= 0.3 is 12.1 Å². The topological polar surface area (TPSA) is 66.8 Å². The zero-order valence-electron chi connectivity index (χ0n) is 17.2. The quantitative estimate of drug-likeness (QED) is 0.673. The van der Waals surface area contributed by atoms with Crippen LogP contribution in [0.3, 0.4) is 0 Å². The predicted octanol–water partition coefficient (Wildman–Crippen LogP) is 4.76. The maximum atomic E-state index is 13.0. The summed E-state index contributed by atoms with van der Waals surface area (Å²) in [5.41, 5.74) is 7.61. The van der Waals surface area contributed by atoms with Gasteiger partial charge in [-0.15, -0.1) is 0 Å². The summed E-state index contributed by atoms with van der Waals surface area (Å²) in [4.78, 5) is 26.3. The highest BCUT2D eigenvalue weighted by molar-refractivity contribution is 5.82. The molecule has 0 radical (unpaired) electrons. The number of hydrogen-bond donors (Lipinski definition) is 1. The number of rotatable bonds is 3. The van der Waals surface area contributed by atoms with Crippen LogP contribution in [0.25, 0.3) is 11.1 Å². The van der Waals surface area contributed by atoms with Crippen molar-refractivity contribution < 1.29 is 19.4 Å². The van der Waals surface area contributed by atoms with Crippen molar-refractivity contribution in [3.05, 3.63) is 94.5 Å². The number of carbonyl (C=O) groups is 2. The van der Waals surface area contributed by atoms with Crippen LogP contribution in [-0.4, -0.2) is 34.7 Å². The van der Waals surface area contributed by atoms with E-state index in [9.17, 15) is 14.7 Å². The van der Waals surface area contributed by atoms with E-state index in [1.807, 2.05) is 49.4 Å². The maximum absolute atomic E-state index is 13.0. The number of aliphatic carboxylic acids is 1. The van der Waals surface area contributed by atoms with Crippen LogP contribution in [-0.2, 0) is 22.5 Å². The van der Waals surface area contributed by atoms with Crippen LogP contribution in [0.4, 0.5) is 4.79 Å². The van der Waals surface area contributed by atoms with Crippen LogP contribution in [0.1, 0.15) is 33.7 Å². The Hall–Kier alpha value is -3.60. The van der Waals surface area contributed by atoms with Crippen LogP contribution in [0.5, 0.6) is 0 Å². The average molecular weight is 413 g/mol. The minimum atomic E-state index is -1.01. The van der Waals surface area contributed by atoms with Gasteiger partial charge in [0.15, 0.2) is 0 Å². The third kappa shape index (κ3) is 3.36. The SMILES string of the molecule is Cc1ccc2c(c1)CN(C(=O)OCC1c3ccccc3-c3ccccc31)[C@H](C(=O)O)C2. The van der Waals surface area contributed by atoms with Crippen LogP contribution in [0.2, 0.25) is 0 Å². The van der Waals surface area contributed by atoms with Gasteiger partial charge in [0.2, 0.25) is 0 Å². The number of hydrogen-bond acceptors (Lipinski definition) is 3. The Bertz CT molecular complexity index is 1140. The van der Waals surface area contributed by atoms with Crippen molar-refractivity contribution in [1.82, 2.24) is 4.90 Å². The second kappa shape index (κ2) is 7.58. The Kier molecular flexibility index (Phi) is 4.74. The smallest absolute Gasteiger partial charge is 0.410 e. The Labute approximate surface area is 180 Å². The van der Waals surface area contributed by atoms with E-state index in [1.165, 1.54) is 4.90 Å². The average Bonchev–Trinajstić information content (AvgIpc) is 3.10. The molecule has 0 bridgehead atoms. The fourth-order valence-electron chi connectivity index (χ4n) is 4.80. The molecule has 0 saturated carbocycles. The first-order chi connectivity index (χ1) is 15.0. The summed E-state index contributed by atoms with van der Waals surface area (Å²) in [6, 6.07) is 21.3. The molecule has 5 rings (SSSR count). The first-order valence-corrected chi connectivity index (χ1v) is 10.5.